The van der Waals surface area contributed by atoms with Crippen molar-refractivity contribution in [2.75, 3.05) is 26.8 Å². The standard InChI is InChI=1S/C8H13F2NO4/c1-11(4-8(13)14)7(12)2-3-15-5-6(9)10/h6H,2-5H2,1H3,(H,13,14). The number of hydrogen-bond donors (Lipinski definition) is 1. The Morgan fingerprint density at radius 2 is 2.07 bits per heavy atom. The summed E-state index contributed by atoms with van der Waals surface area (Å²) in [6, 6.07) is 0. The van der Waals surface area contributed by atoms with E-state index >= 15 is 0 Å². The first-order valence-corrected chi connectivity index (χ1v) is 4.25. The fourth-order valence-corrected chi connectivity index (χ4v) is 0.814. The minimum absolute atomic E-state index is 0.101. The minimum atomic E-state index is -2.56. The Morgan fingerprint density at radius 1 is 1.47 bits per heavy atom. The summed E-state index contributed by atoms with van der Waals surface area (Å²) in [4.78, 5) is 22.3. The first kappa shape index (κ1) is 13.8. The van der Waals surface area contributed by atoms with E-state index in [1.54, 1.807) is 0 Å². The van der Waals surface area contributed by atoms with E-state index in [-0.39, 0.29) is 13.0 Å². The van der Waals surface area contributed by atoms with Gasteiger partial charge < -0.3 is 14.7 Å². The van der Waals surface area contributed by atoms with Crippen LogP contribution in [0.1, 0.15) is 6.42 Å². The number of nitrogens with zero attached hydrogens (tertiary/aromatic N) is 1. The molecule has 1 N–H and O–H groups in total. The molecule has 0 atom stereocenters. The predicted molar refractivity (Wildman–Crippen MR) is 46.7 cm³/mol. The highest BCUT2D eigenvalue weighted by Gasteiger charge is 2.12. The molecule has 5 nitrogen and oxygen atoms in total. The minimum Gasteiger partial charge on any atom is -0.480 e. The average molecular weight is 225 g/mol. The van der Waals surface area contributed by atoms with E-state index < -0.39 is 31.5 Å². The van der Waals surface area contributed by atoms with Crippen LogP contribution in [0.3, 0.4) is 0 Å². The zero-order valence-corrected chi connectivity index (χ0v) is 8.28. The summed E-state index contributed by atoms with van der Waals surface area (Å²) in [5.41, 5.74) is 0. The molecule has 0 aliphatic carbocycles. The molecule has 0 rings (SSSR count). The van der Waals surface area contributed by atoms with Crippen LogP contribution in [-0.4, -0.2) is 55.1 Å². The molecule has 0 radical (unpaired) electrons. The molecule has 0 bridgehead atoms. The second kappa shape index (κ2) is 7.10. The van der Waals surface area contributed by atoms with Gasteiger partial charge in [-0.05, 0) is 0 Å². The highest BCUT2D eigenvalue weighted by molar-refractivity contribution is 5.81. The molecule has 7 heteroatoms. The topological polar surface area (TPSA) is 66.8 Å². The lowest BCUT2D eigenvalue weighted by Crippen LogP contribution is -2.32. The van der Waals surface area contributed by atoms with Gasteiger partial charge in [-0.3, -0.25) is 9.59 Å². The number of alkyl halides is 2. The van der Waals surface area contributed by atoms with E-state index in [4.69, 9.17) is 5.11 Å². The molecule has 0 unspecified atom stereocenters. The lowest BCUT2D eigenvalue weighted by atomic mass is 10.4. The van der Waals surface area contributed by atoms with Crippen LogP contribution in [0, 0.1) is 0 Å². The summed E-state index contributed by atoms with van der Waals surface area (Å²) in [6.45, 7) is -1.25. The van der Waals surface area contributed by atoms with E-state index in [0.29, 0.717) is 0 Å². The maximum Gasteiger partial charge on any atom is 0.323 e. The molecule has 0 saturated carbocycles. The van der Waals surface area contributed by atoms with Crippen molar-refractivity contribution in [3.63, 3.8) is 0 Å². The van der Waals surface area contributed by atoms with Gasteiger partial charge in [-0.25, -0.2) is 8.78 Å². The summed E-state index contributed by atoms with van der Waals surface area (Å²) in [6.07, 6.45) is -2.66. The lowest BCUT2D eigenvalue weighted by molar-refractivity contribution is -0.144. The number of carbonyl (C=O) groups excluding carboxylic acids is 1. The van der Waals surface area contributed by atoms with Crippen molar-refractivity contribution >= 4 is 11.9 Å². The summed E-state index contributed by atoms with van der Waals surface area (Å²) in [5.74, 6) is -1.58. The molecule has 15 heavy (non-hydrogen) atoms. The summed E-state index contributed by atoms with van der Waals surface area (Å²) < 4.78 is 27.7. The fraction of sp³-hybridized carbons (Fsp3) is 0.750. The zero-order chi connectivity index (χ0) is 11.8. The van der Waals surface area contributed by atoms with E-state index in [2.05, 4.69) is 4.74 Å². The maximum atomic E-state index is 11.6. The number of rotatable bonds is 7. The van der Waals surface area contributed by atoms with E-state index in [9.17, 15) is 18.4 Å². The predicted octanol–water partition coefficient (Wildman–Crippen LogP) is 0.201. The smallest absolute Gasteiger partial charge is 0.323 e. The van der Waals surface area contributed by atoms with Crippen LogP contribution in [0.15, 0.2) is 0 Å². The van der Waals surface area contributed by atoms with Gasteiger partial charge in [0.1, 0.15) is 13.2 Å². The van der Waals surface area contributed by atoms with Gasteiger partial charge in [0.25, 0.3) is 6.43 Å². The first-order valence-electron chi connectivity index (χ1n) is 4.25. The normalized spacial score (nSPS) is 10.4. The number of aliphatic carboxylic acids is 1. The van der Waals surface area contributed by atoms with Gasteiger partial charge in [0.2, 0.25) is 5.91 Å². The molecule has 88 valence electrons. The molecule has 0 saturated heterocycles. The van der Waals surface area contributed by atoms with Crippen molar-refractivity contribution in [3.05, 3.63) is 0 Å². The number of hydrogen-bond acceptors (Lipinski definition) is 3. The van der Waals surface area contributed by atoms with Gasteiger partial charge in [0, 0.05) is 7.05 Å². The highest BCUT2D eigenvalue weighted by Crippen LogP contribution is 1.95. The largest absolute Gasteiger partial charge is 0.480 e. The molecule has 0 aromatic carbocycles. The van der Waals surface area contributed by atoms with Crippen LogP contribution in [0.2, 0.25) is 0 Å². The van der Waals surface area contributed by atoms with Crippen molar-refractivity contribution in [2.24, 2.45) is 0 Å². The number of carboxylic acids is 1. The molecule has 0 aromatic heterocycles. The number of likely N-dealkylation sites (N-methyl/N-ethyl adjacent to an activating group) is 1. The summed E-state index contributed by atoms with van der Waals surface area (Å²) in [7, 11) is 1.32. The second-order valence-corrected chi connectivity index (χ2v) is 2.86. The van der Waals surface area contributed by atoms with E-state index in [0.717, 1.165) is 4.90 Å². The van der Waals surface area contributed by atoms with Crippen LogP contribution in [0.5, 0.6) is 0 Å². The Hall–Kier alpha value is -1.24. The Bertz CT molecular complexity index is 223. The maximum absolute atomic E-state index is 11.6. The van der Waals surface area contributed by atoms with Crippen molar-refractivity contribution in [3.8, 4) is 0 Å². The highest BCUT2D eigenvalue weighted by atomic mass is 19.3. The Kier molecular flexibility index (Phi) is 6.52. The third kappa shape index (κ3) is 7.80. The van der Waals surface area contributed by atoms with Gasteiger partial charge >= 0.3 is 5.97 Å². The first-order chi connectivity index (χ1) is 6.93. The molecule has 0 aliphatic heterocycles. The lowest BCUT2D eigenvalue weighted by Gasteiger charge is -2.14. The van der Waals surface area contributed by atoms with Gasteiger partial charge in [-0.1, -0.05) is 0 Å². The van der Waals surface area contributed by atoms with Crippen LogP contribution >= 0.6 is 0 Å². The van der Waals surface area contributed by atoms with Crippen molar-refractivity contribution in [2.45, 2.75) is 12.8 Å². The van der Waals surface area contributed by atoms with E-state index in [1.165, 1.54) is 7.05 Å². The average Bonchev–Trinajstić information content (AvgIpc) is 2.10. The third-order valence-corrected chi connectivity index (χ3v) is 1.50. The molecular formula is C8H13F2NO4. The molecule has 1 amide bonds. The van der Waals surface area contributed by atoms with Crippen molar-refractivity contribution in [1.82, 2.24) is 4.90 Å². The Morgan fingerprint density at radius 3 is 2.53 bits per heavy atom. The number of amides is 1. The molecule has 0 fully saturated rings. The van der Waals surface area contributed by atoms with Crippen LogP contribution in [0.4, 0.5) is 8.78 Å². The van der Waals surface area contributed by atoms with Crippen LogP contribution in [-0.2, 0) is 14.3 Å². The summed E-state index contributed by atoms with van der Waals surface area (Å²) >= 11 is 0. The Labute approximate surface area is 85.6 Å². The van der Waals surface area contributed by atoms with Crippen LogP contribution in [0.25, 0.3) is 0 Å². The van der Waals surface area contributed by atoms with Gasteiger partial charge in [-0.2, -0.15) is 0 Å². The Balaban J connectivity index is 3.60. The third-order valence-electron chi connectivity index (χ3n) is 1.50. The van der Waals surface area contributed by atoms with Gasteiger partial charge in [0.15, 0.2) is 0 Å². The van der Waals surface area contributed by atoms with Gasteiger partial charge in [0.05, 0.1) is 13.0 Å². The van der Waals surface area contributed by atoms with E-state index in [1.807, 2.05) is 0 Å². The number of halogens is 2. The molecular weight excluding hydrogens is 212 g/mol. The van der Waals surface area contributed by atoms with Crippen LogP contribution < -0.4 is 0 Å². The fourth-order valence-electron chi connectivity index (χ4n) is 0.814. The number of ether oxygens (including phenoxy) is 1. The second-order valence-electron chi connectivity index (χ2n) is 2.86. The molecule has 0 aromatic rings. The van der Waals surface area contributed by atoms with Gasteiger partial charge in [-0.15, -0.1) is 0 Å². The SMILES string of the molecule is CN(CC(=O)O)C(=O)CCOCC(F)F. The number of carbonyl (C=O) groups is 2. The zero-order valence-electron chi connectivity index (χ0n) is 8.28. The summed E-state index contributed by atoms with van der Waals surface area (Å²) in [5, 5.41) is 8.35. The monoisotopic (exact) mass is 225 g/mol. The molecule has 0 spiro atoms. The van der Waals surface area contributed by atoms with Crippen molar-refractivity contribution < 1.29 is 28.2 Å². The quantitative estimate of drug-likeness (QED) is 0.628. The number of carboxylic acid groups (broad SMARTS) is 1. The molecule has 0 aliphatic rings. The van der Waals surface area contributed by atoms with Crippen molar-refractivity contribution in [1.29, 1.82) is 0 Å². The molecule has 0 heterocycles.